The van der Waals surface area contributed by atoms with E-state index in [2.05, 4.69) is 15.3 Å². The summed E-state index contributed by atoms with van der Waals surface area (Å²) in [7, 11) is 0. The van der Waals surface area contributed by atoms with E-state index in [1.807, 2.05) is 47.8 Å². The van der Waals surface area contributed by atoms with E-state index in [9.17, 15) is 9.59 Å². The van der Waals surface area contributed by atoms with Gasteiger partial charge in [-0.15, -0.1) is 11.3 Å². The molecule has 1 saturated heterocycles. The monoisotopic (exact) mass is 436 g/mol. The van der Waals surface area contributed by atoms with Crippen LogP contribution in [0.1, 0.15) is 17.8 Å². The van der Waals surface area contributed by atoms with E-state index in [0.29, 0.717) is 38.2 Å². The van der Waals surface area contributed by atoms with Gasteiger partial charge in [-0.05, 0) is 37.1 Å². The lowest BCUT2D eigenvalue weighted by Gasteiger charge is -2.31. The number of aromatic nitrogens is 2. The standard InChI is InChI=1S/C23H24N4O3S/c28-22(15-30-19-4-2-1-3-5-19)27-12-8-18(9-13-27)23(29)25-14-21-26-20(16-31-21)17-6-10-24-11-7-17/h1-7,10-11,16,18H,8-9,12-15H2,(H,25,29). The van der Waals surface area contributed by atoms with Gasteiger partial charge in [-0.3, -0.25) is 14.6 Å². The molecule has 0 saturated carbocycles. The summed E-state index contributed by atoms with van der Waals surface area (Å²) in [6, 6.07) is 13.1. The average molecular weight is 437 g/mol. The number of hydrogen-bond donors (Lipinski definition) is 1. The number of carbonyl (C=O) groups excluding carboxylic acids is 2. The topological polar surface area (TPSA) is 84.4 Å². The Morgan fingerprint density at radius 3 is 2.58 bits per heavy atom. The zero-order valence-electron chi connectivity index (χ0n) is 17.1. The number of piperidine rings is 1. The minimum Gasteiger partial charge on any atom is -0.484 e. The van der Waals surface area contributed by atoms with Gasteiger partial charge in [0, 0.05) is 42.3 Å². The lowest BCUT2D eigenvalue weighted by molar-refractivity contribution is -0.137. The highest BCUT2D eigenvalue weighted by Gasteiger charge is 2.27. The van der Waals surface area contributed by atoms with Crippen molar-refractivity contribution in [2.45, 2.75) is 19.4 Å². The number of hydrogen-bond acceptors (Lipinski definition) is 6. The maximum absolute atomic E-state index is 12.6. The molecule has 0 unspecified atom stereocenters. The molecule has 0 aliphatic carbocycles. The predicted octanol–water partition coefficient (Wildman–Crippen LogP) is 3.14. The smallest absolute Gasteiger partial charge is 0.260 e. The van der Waals surface area contributed by atoms with Crippen LogP contribution in [0.25, 0.3) is 11.3 Å². The Balaban J connectivity index is 1.20. The van der Waals surface area contributed by atoms with E-state index in [-0.39, 0.29) is 24.3 Å². The summed E-state index contributed by atoms with van der Waals surface area (Å²) in [6.07, 6.45) is 4.79. The predicted molar refractivity (Wildman–Crippen MR) is 118 cm³/mol. The molecule has 31 heavy (non-hydrogen) atoms. The van der Waals surface area contributed by atoms with Gasteiger partial charge in [-0.1, -0.05) is 18.2 Å². The number of carbonyl (C=O) groups is 2. The summed E-state index contributed by atoms with van der Waals surface area (Å²) in [5, 5.41) is 5.84. The summed E-state index contributed by atoms with van der Waals surface area (Å²) in [5.41, 5.74) is 1.90. The molecule has 1 aromatic carbocycles. The van der Waals surface area contributed by atoms with Gasteiger partial charge in [0.2, 0.25) is 5.91 Å². The number of nitrogens with one attached hydrogen (secondary N) is 1. The third-order valence-corrected chi connectivity index (χ3v) is 6.11. The van der Waals surface area contributed by atoms with Gasteiger partial charge in [0.25, 0.3) is 5.91 Å². The highest BCUT2D eigenvalue weighted by molar-refractivity contribution is 7.09. The Hall–Kier alpha value is -3.26. The average Bonchev–Trinajstić information content (AvgIpc) is 3.31. The molecular formula is C23H24N4O3S. The maximum Gasteiger partial charge on any atom is 0.260 e. The number of pyridine rings is 1. The summed E-state index contributed by atoms with van der Waals surface area (Å²) < 4.78 is 5.54. The molecule has 160 valence electrons. The van der Waals surface area contributed by atoms with Crippen LogP contribution in [-0.2, 0) is 16.1 Å². The fourth-order valence-electron chi connectivity index (χ4n) is 3.50. The zero-order chi connectivity index (χ0) is 21.5. The first kappa shape index (κ1) is 21.0. The summed E-state index contributed by atoms with van der Waals surface area (Å²) in [4.78, 5) is 35.3. The van der Waals surface area contributed by atoms with Crippen molar-refractivity contribution in [3.05, 3.63) is 65.2 Å². The largest absolute Gasteiger partial charge is 0.484 e. The summed E-state index contributed by atoms with van der Waals surface area (Å²) in [5.74, 6) is 0.570. The molecule has 7 nitrogen and oxygen atoms in total. The van der Waals surface area contributed by atoms with Crippen molar-refractivity contribution in [3.8, 4) is 17.0 Å². The molecule has 1 N–H and O–H groups in total. The number of ether oxygens (including phenoxy) is 1. The molecule has 0 radical (unpaired) electrons. The van der Waals surface area contributed by atoms with Crippen LogP contribution >= 0.6 is 11.3 Å². The second-order valence-electron chi connectivity index (χ2n) is 7.34. The molecule has 0 atom stereocenters. The second-order valence-corrected chi connectivity index (χ2v) is 8.28. The van der Waals surface area contributed by atoms with Crippen LogP contribution in [0.3, 0.4) is 0 Å². The van der Waals surface area contributed by atoms with Gasteiger partial charge in [0.15, 0.2) is 6.61 Å². The molecule has 0 bridgehead atoms. The quantitative estimate of drug-likeness (QED) is 0.615. The number of benzene rings is 1. The fourth-order valence-corrected chi connectivity index (χ4v) is 4.24. The lowest BCUT2D eigenvalue weighted by atomic mass is 9.96. The van der Waals surface area contributed by atoms with Crippen molar-refractivity contribution in [1.82, 2.24) is 20.2 Å². The van der Waals surface area contributed by atoms with E-state index >= 15 is 0 Å². The van der Waals surface area contributed by atoms with Crippen LogP contribution in [0.2, 0.25) is 0 Å². The van der Waals surface area contributed by atoms with E-state index < -0.39 is 0 Å². The molecule has 4 rings (SSSR count). The Morgan fingerprint density at radius 1 is 1.10 bits per heavy atom. The first-order chi connectivity index (χ1) is 15.2. The Labute approximate surface area is 185 Å². The Bertz CT molecular complexity index is 1000. The van der Waals surface area contributed by atoms with Crippen molar-refractivity contribution in [2.24, 2.45) is 5.92 Å². The zero-order valence-corrected chi connectivity index (χ0v) is 17.9. The molecule has 2 aromatic heterocycles. The molecule has 3 heterocycles. The molecule has 1 aliphatic heterocycles. The minimum atomic E-state index is -0.0845. The van der Waals surface area contributed by atoms with E-state index in [1.165, 1.54) is 11.3 Å². The third-order valence-electron chi connectivity index (χ3n) is 5.27. The number of likely N-dealkylation sites (tertiary alicyclic amines) is 1. The number of rotatable bonds is 7. The molecule has 1 aliphatic rings. The maximum atomic E-state index is 12.6. The van der Waals surface area contributed by atoms with Gasteiger partial charge >= 0.3 is 0 Å². The highest BCUT2D eigenvalue weighted by atomic mass is 32.1. The SMILES string of the molecule is O=C(NCc1nc(-c2ccncc2)cs1)C1CCN(C(=O)COc2ccccc2)CC1. The van der Waals surface area contributed by atoms with Crippen LogP contribution < -0.4 is 10.1 Å². The first-order valence-electron chi connectivity index (χ1n) is 10.3. The number of nitrogens with zero attached hydrogens (tertiary/aromatic N) is 3. The van der Waals surface area contributed by atoms with Gasteiger partial charge in [-0.25, -0.2) is 4.98 Å². The second kappa shape index (κ2) is 10.2. The van der Waals surface area contributed by atoms with Crippen molar-refractivity contribution in [2.75, 3.05) is 19.7 Å². The fraction of sp³-hybridized carbons (Fsp3) is 0.304. The van der Waals surface area contributed by atoms with E-state index in [1.54, 1.807) is 17.3 Å². The van der Waals surface area contributed by atoms with Gasteiger partial charge in [0.1, 0.15) is 10.8 Å². The molecule has 3 aromatic rings. The minimum absolute atomic E-state index is 0.0186. The number of thiazole rings is 1. The normalized spacial score (nSPS) is 14.3. The van der Waals surface area contributed by atoms with Crippen molar-refractivity contribution >= 4 is 23.2 Å². The van der Waals surface area contributed by atoms with Crippen LogP contribution in [0, 0.1) is 5.92 Å². The van der Waals surface area contributed by atoms with Gasteiger partial charge in [0.05, 0.1) is 12.2 Å². The van der Waals surface area contributed by atoms with Crippen LogP contribution in [0.15, 0.2) is 60.2 Å². The summed E-state index contributed by atoms with van der Waals surface area (Å²) in [6.45, 7) is 1.57. The number of para-hydroxylation sites is 1. The lowest BCUT2D eigenvalue weighted by Crippen LogP contribution is -2.44. The summed E-state index contributed by atoms with van der Waals surface area (Å²) >= 11 is 1.53. The van der Waals surface area contributed by atoms with Gasteiger partial charge in [-0.2, -0.15) is 0 Å². The van der Waals surface area contributed by atoms with E-state index in [0.717, 1.165) is 16.3 Å². The molecule has 2 amide bonds. The molecule has 0 spiro atoms. The van der Waals surface area contributed by atoms with E-state index in [4.69, 9.17) is 4.74 Å². The Morgan fingerprint density at radius 2 is 1.84 bits per heavy atom. The van der Waals surface area contributed by atoms with Gasteiger partial charge < -0.3 is 15.0 Å². The van der Waals surface area contributed by atoms with Crippen molar-refractivity contribution in [1.29, 1.82) is 0 Å². The third kappa shape index (κ3) is 5.67. The van der Waals surface area contributed by atoms with Crippen LogP contribution in [0.5, 0.6) is 5.75 Å². The Kier molecular flexibility index (Phi) is 6.89. The molecule has 8 heteroatoms. The number of amides is 2. The first-order valence-corrected chi connectivity index (χ1v) is 11.1. The van der Waals surface area contributed by atoms with Crippen LogP contribution in [0.4, 0.5) is 0 Å². The highest BCUT2D eigenvalue weighted by Crippen LogP contribution is 2.22. The van der Waals surface area contributed by atoms with Crippen LogP contribution in [-0.4, -0.2) is 46.4 Å². The van der Waals surface area contributed by atoms with Crippen molar-refractivity contribution in [3.63, 3.8) is 0 Å². The van der Waals surface area contributed by atoms with Crippen molar-refractivity contribution < 1.29 is 14.3 Å². The molecular weight excluding hydrogens is 412 g/mol. The molecule has 1 fully saturated rings.